The van der Waals surface area contributed by atoms with Crippen LogP contribution in [0.2, 0.25) is 5.02 Å². The van der Waals surface area contributed by atoms with Crippen LogP contribution in [-0.2, 0) is 10.0 Å². The minimum absolute atomic E-state index is 0.0899. The van der Waals surface area contributed by atoms with Crippen molar-refractivity contribution >= 4 is 27.5 Å². The fourth-order valence-electron chi connectivity index (χ4n) is 2.05. The second-order valence-corrected chi connectivity index (χ2v) is 7.76. The molecular formula is C17H18ClFN2O5S. The fraction of sp³-hybridized carbons (Fsp3) is 0.235. The number of sulfonamides is 1. The summed E-state index contributed by atoms with van der Waals surface area (Å²) in [6.45, 7) is 3.69. The highest BCUT2D eigenvalue weighted by atomic mass is 35.5. The van der Waals surface area contributed by atoms with E-state index in [-0.39, 0.29) is 21.6 Å². The number of benzene rings is 2. The number of nitrogens with one attached hydrogen (secondary N) is 2. The molecule has 0 fully saturated rings. The normalized spacial score (nSPS) is 11.3. The van der Waals surface area contributed by atoms with Gasteiger partial charge in [0, 0.05) is 5.56 Å². The quantitative estimate of drug-likeness (QED) is 0.677. The van der Waals surface area contributed by atoms with Gasteiger partial charge in [-0.3, -0.25) is 10.2 Å². The highest BCUT2D eigenvalue weighted by Gasteiger charge is 2.18. The molecule has 27 heavy (non-hydrogen) atoms. The Morgan fingerprint density at radius 3 is 2.44 bits per heavy atom. The molecule has 0 aromatic heterocycles. The zero-order chi connectivity index (χ0) is 20.2. The highest BCUT2D eigenvalue weighted by Crippen LogP contribution is 2.29. The van der Waals surface area contributed by atoms with Gasteiger partial charge < -0.3 is 9.47 Å². The van der Waals surface area contributed by atoms with Gasteiger partial charge in [-0.05, 0) is 50.2 Å². The highest BCUT2D eigenvalue weighted by molar-refractivity contribution is 7.89. The number of ether oxygens (including phenoxy) is 2. The maximum Gasteiger partial charge on any atom is 0.266 e. The summed E-state index contributed by atoms with van der Waals surface area (Å²) in [5, 5.41) is -0.352. The summed E-state index contributed by atoms with van der Waals surface area (Å²) in [4.78, 5) is 13.9. The summed E-state index contributed by atoms with van der Waals surface area (Å²) in [6, 6.07) is 7.29. The Bertz CT molecular complexity index is 950. The molecule has 0 radical (unpaired) electrons. The lowest BCUT2D eigenvalue weighted by atomic mass is 10.2. The van der Waals surface area contributed by atoms with Crippen LogP contribution in [0.25, 0.3) is 0 Å². The number of halogens is 2. The monoisotopic (exact) mass is 416 g/mol. The van der Waals surface area contributed by atoms with Crippen LogP contribution in [-0.4, -0.2) is 27.5 Å². The van der Waals surface area contributed by atoms with Crippen LogP contribution in [0.5, 0.6) is 11.5 Å². The number of carbonyl (C=O) groups is 1. The van der Waals surface area contributed by atoms with E-state index >= 15 is 0 Å². The zero-order valence-electron chi connectivity index (χ0n) is 14.7. The Labute approximate surface area is 161 Å². The molecule has 7 nitrogen and oxygen atoms in total. The average Bonchev–Trinajstić information content (AvgIpc) is 2.61. The van der Waals surface area contributed by atoms with E-state index in [1.165, 1.54) is 19.2 Å². The third-order valence-electron chi connectivity index (χ3n) is 3.29. The molecule has 2 aromatic carbocycles. The molecule has 0 aliphatic rings. The van der Waals surface area contributed by atoms with E-state index in [0.717, 1.165) is 18.2 Å². The smallest absolute Gasteiger partial charge is 0.266 e. The third-order valence-corrected chi connectivity index (χ3v) is 4.82. The second kappa shape index (κ2) is 8.55. The van der Waals surface area contributed by atoms with Gasteiger partial charge >= 0.3 is 0 Å². The summed E-state index contributed by atoms with van der Waals surface area (Å²) in [7, 11) is -2.71. The minimum atomic E-state index is -4.13. The van der Waals surface area contributed by atoms with Gasteiger partial charge in [0.25, 0.3) is 15.9 Å². The van der Waals surface area contributed by atoms with Gasteiger partial charge in [0.15, 0.2) is 11.5 Å². The Kier molecular flexibility index (Phi) is 6.63. The number of hydrogen-bond acceptors (Lipinski definition) is 5. The summed E-state index contributed by atoms with van der Waals surface area (Å²) >= 11 is 5.58. The zero-order valence-corrected chi connectivity index (χ0v) is 16.3. The molecule has 1 amide bonds. The maximum atomic E-state index is 13.2. The molecule has 0 atom stereocenters. The fourth-order valence-corrected chi connectivity index (χ4v) is 3.16. The molecule has 10 heteroatoms. The summed E-state index contributed by atoms with van der Waals surface area (Å²) < 4.78 is 48.3. The molecule has 0 bridgehead atoms. The molecule has 0 aliphatic carbocycles. The molecule has 146 valence electrons. The van der Waals surface area contributed by atoms with Crippen LogP contribution in [0.15, 0.2) is 41.3 Å². The minimum Gasteiger partial charge on any atom is -0.493 e. The first kappa shape index (κ1) is 20.9. The average molecular weight is 417 g/mol. The van der Waals surface area contributed by atoms with Crippen molar-refractivity contribution in [2.75, 3.05) is 7.11 Å². The van der Waals surface area contributed by atoms with Gasteiger partial charge in [-0.25, -0.2) is 12.8 Å². The molecule has 0 aliphatic heterocycles. The van der Waals surface area contributed by atoms with E-state index in [4.69, 9.17) is 21.1 Å². The van der Waals surface area contributed by atoms with Gasteiger partial charge in [0.05, 0.1) is 23.1 Å². The summed E-state index contributed by atoms with van der Waals surface area (Å²) in [5.74, 6) is -0.702. The molecule has 2 N–H and O–H groups in total. The van der Waals surface area contributed by atoms with Gasteiger partial charge in [-0.2, -0.15) is 0 Å². The molecule has 2 rings (SSSR count). The number of carbonyl (C=O) groups excluding carboxylic acids is 1. The lowest BCUT2D eigenvalue weighted by Crippen LogP contribution is -2.41. The lowest BCUT2D eigenvalue weighted by Gasteiger charge is -2.14. The number of amides is 1. The predicted molar refractivity (Wildman–Crippen MR) is 98.0 cm³/mol. The lowest BCUT2D eigenvalue weighted by molar-refractivity contribution is 0.0944. The van der Waals surface area contributed by atoms with Crippen LogP contribution in [0.3, 0.4) is 0 Å². The van der Waals surface area contributed by atoms with Crippen molar-refractivity contribution < 1.29 is 27.1 Å². The first-order valence-corrected chi connectivity index (χ1v) is 9.62. The van der Waals surface area contributed by atoms with Crippen molar-refractivity contribution in [1.29, 1.82) is 0 Å². The van der Waals surface area contributed by atoms with Crippen LogP contribution < -0.4 is 19.7 Å². The molecular weight excluding hydrogens is 399 g/mol. The van der Waals surface area contributed by atoms with Crippen molar-refractivity contribution in [2.24, 2.45) is 0 Å². The number of hydrogen-bond donors (Lipinski definition) is 2. The van der Waals surface area contributed by atoms with Crippen molar-refractivity contribution in [3.8, 4) is 11.5 Å². The van der Waals surface area contributed by atoms with E-state index in [0.29, 0.717) is 11.5 Å². The van der Waals surface area contributed by atoms with Crippen LogP contribution in [0.1, 0.15) is 24.2 Å². The SMILES string of the molecule is COc1cc(C(=O)NNS(=O)(=O)c2ccc(F)c(Cl)c2)ccc1OC(C)C. The first-order chi connectivity index (χ1) is 12.6. The van der Waals surface area contributed by atoms with Crippen molar-refractivity contribution in [3.05, 3.63) is 52.8 Å². The Morgan fingerprint density at radius 2 is 1.85 bits per heavy atom. The molecule has 0 unspecified atom stereocenters. The van der Waals surface area contributed by atoms with E-state index in [1.54, 1.807) is 6.07 Å². The van der Waals surface area contributed by atoms with Crippen molar-refractivity contribution in [1.82, 2.24) is 10.3 Å². The number of rotatable bonds is 7. The van der Waals surface area contributed by atoms with Crippen LogP contribution in [0, 0.1) is 5.82 Å². The van der Waals surface area contributed by atoms with E-state index in [2.05, 4.69) is 5.43 Å². The topological polar surface area (TPSA) is 93.7 Å². The number of hydrazine groups is 1. The van der Waals surface area contributed by atoms with Crippen LogP contribution in [0.4, 0.5) is 4.39 Å². The van der Waals surface area contributed by atoms with Gasteiger partial charge in [-0.1, -0.05) is 11.6 Å². The molecule has 0 saturated carbocycles. The second-order valence-electron chi connectivity index (χ2n) is 5.67. The third kappa shape index (κ3) is 5.31. The van der Waals surface area contributed by atoms with Crippen LogP contribution >= 0.6 is 11.6 Å². The standard InChI is InChI=1S/C17H18ClFN2O5S/c1-10(2)26-15-7-4-11(8-16(15)25-3)17(22)20-21-27(23,24)12-5-6-14(19)13(18)9-12/h4-10,21H,1-3H3,(H,20,22). The maximum absolute atomic E-state index is 13.2. The Morgan fingerprint density at radius 1 is 1.15 bits per heavy atom. The molecule has 0 heterocycles. The first-order valence-electron chi connectivity index (χ1n) is 7.76. The van der Waals surface area contributed by atoms with Gasteiger partial charge in [0.2, 0.25) is 0 Å². The molecule has 0 spiro atoms. The molecule has 0 saturated heterocycles. The number of methoxy groups -OCH3 is 1. The van der Waals surface area contributed by atoms with E-state index < -0.39 is 21.7 Å². The van der Waals surface area contributed by atoms with E-state index in [1.807, 2.05) is 18.7 Å². The van der Waals surface area contributed by atoms with Gasteiger partial charge in [0.1, 0.15) is 5.82 Å². The molecule has 2 aromatic rings. The Hall–Kier alpha value is -2.36. The summed E-state index contributed by atoms with van der Waals surface area (Å²) in [5.41, 5.74) is 2.21. The van der Waals surface area contributed by atoms with Crippen molar-refractivity contribution in [3.63, 3.8) is 0 Å². The largest absolute Gasteiger partial charge is 0.493 e. The summed E-state index contributed by atoms with van der Waals surface area (Å²) in [6.07, 6.45) is -0.0899. The van der Waals surface area contributed by atoms with Crippen molar-refractivity contribution in [2.45, 2.75) is 24.8 Å². The van der Waals surface area contributed by atoms with Gasteiger partial charge in [-0.15, -0.1) is 4.83 Å². The van der Waals surface area contributed by atoms with E-state index in [9.17, 15) is 17.6 Å². The Balaban J connectivity index is 2.13. The predicted octanol–water partition coefficient (Wildman–Crippen LogP) is 2.90.